The smallest absolute Gasteiger partial charge is 0.168 e. The predicted molar refractivity (Wildman–Crippen MR) is 98.1 cm³/mol. The summed E-state index contributed by atoms with van der Waals surface area (Å²) >= 11 is 0. The Kier molecular flexibility index (Phi) is 3.87. The van der Waals surface area contributed by atoms with E-state index in [1.807, 2.05) is 18.2 Å². The molecule has 1 N–H and O–H groups in total. The Balaban J connectivity index is 1.51. The largest absolute Gasteiger partial charge is 0.493 e. The van der Waals surface area contributed by atoms with Crippen LogP contribution in [0.1, 0.15) is 11.7 Å². The van der Waals surface area contributed by atoms with Crippen molar-refractivity contribution in [2.45, 2.75) is 18.4 Å². The third-order valence-corrected chi connectivity index (χ3v) is 4.96. The van der Waals surface area contributed by atoms with Crippen LogP contribution in [-0.4, -0.2) is 45.7 Å². The van der Waals surface area contributed by atoms with Gasteiger partial charge in [-0.2, -0.15) is 0 Å². The van der Waals surface area contributed by atoms with Crippen molar-refractivity contribution in [3.05, 3.63) is 48.0 Å². The molecule has 6 nitrogen and oxygen atoms in total. The number of hydrogen-bond donors (Lipinski definition) is 1. The minimum absolute atomic E-state index is 0.0261. The number of benzene rings is 2. The van der Waals surface area contributed by atoms with Crippen LogP contribution in [0.3, 0.4) is 0 Å². The number of para-hydroxylation sites is 3. The summed E-state index contributed by atoms with van der Waals surface area (Å²) < 4.78 is 22.5. The van der Waals surface area contributed by atoms with Crippen LogP contribution in [-0.2, 0) is 9.47 Å². The van der Waals surface area contributed by atoms with Crippen LogP contribution in [0, 0.1) is 0 Å². The van der Waals surface area contributed by atoms with Gasteiger partial charge in [0.15, 0.2) is 11.5 Å². The van der Waals surface area contributed by atoms with Crippen molar-refractivity contribution in [1.29, 1.82) is 0 Å². The second-order valence-corrected chi connectivity index (χ2v) is 6.82. The number of epoxide rings is 2. The Hall–Kier alpha value is -2.44. The molecule has 0 bridgehead atoms. The normalized spacial score (nSPS) is 25.4. The van der Waals surface area contributed by atoms with E-state index < -0.39 is 0 Å². The third kappa shape index (κ3) is 2.95. The van der Waals surface area contributed by atoms with E-state index in [1.54, 1.807) is 7.11 Å². The quantitative estimate of drug-likeness (QED) is 0.772. The number of methoxy groups -OCH3 is 1. The molecule has 2 aromatic rings. The third-order valence-electron chi connectivity index (χ3n) is 4.96. The summed E-state index contributed by atoms with van der Waals surface area (Å²) in [5.74, 6) is 1.51. The zero-order valence-corrected chi connectivity index (χ0v) is 14.7. The zero-order valence-electron chi connectivity index (χ0n) is 14.7. The molecular formula is C20H22N2O4. The van der Waals surface area contributed by atoms with Crippen LogP contribution >= 0.6 is 0 Å². The summed E-state index contributed by atoms with van der Waals surface area (Å²) in [4.78, 5) is 2.35. The molecule has 3 atom stereocenters. The van der Waals surface area contributed by atoms with E-state index in [-0.39, 0.29) is 12.3 Å². The summed E-state index contributed by atoms with van der Waals surface area (Å²) in [6.45, 7) is 2.98. The SMILES string of the molecule is COc1cccc(C2Nc3ccccc3N2CC2CO2)c1OCC1CO1. The highest BCUT2D eigenvalue weighted by Gasteiger charge is 2.37. The maximum Gasteiger partial charge on any atom is 0.168 e. The Morgan fingerprint density at radius 3 is 2.65 bits per heavy atom. The number of fused-ring (bicyclic) bond motifs is 1. The van der Waals surface area contributed by atoms with E-state index in [0.717, 1.165) is 42.5 Å². The molecule has 2 aromatic carbocycles. The molecule has 3 aliphatic rings. The van der Waals surface area contributed by atoms with E-state index in [1.165, 1.54) is 5.69 Å². The molecule has 3 heterocycles. The van der Waals surface area contributed by atoms with E-state index in [9.17, 15) is 0 Å². The number of nitrogens with zero attached hydrogens (tertiary/aromatic N) is 1. The first-order valence-corrected chi connectivity index (χ1v) is 8.98. The molecule has 6 heteroatoms. The second kappa shape index (κ2) is 6.37. The molecule has 2 saturated heterocycles. The summed E-state index contributed by atoms with van der Waals surface area (Å²) in [5.41, 5.74) is 3.37. The van der Waals surface area contributed by atoms with Crippen LogP contribution in [0.15, 0.2) is 42.5 Å². The molecule has 0 amide bonds. The second-order valence-electron chi connectivity index (χ2n) is 6.82. The van der Waals surface area contributed by atoms with Crippen molar-refractivity contribution >= 4 is 11.4 Å². The molecule has 26 heavy (non-hydrogen) atoms. The van der Waals surface area contributed by atoms with Gasteiger partial charge in [-0.15, -0.1) is 0 Å². The molecular weight excluding hydrogens is 332 g/mol. The number of ether oxygens (including phenoxy) is 4. The minimum Gasteiger partial charge on any atom is -0.493 e. The lowest BCUT2D eigenvalue weighted by Crippen LogP contribution is -2.32. The Bertz CT molecular complexity index is 804. The maximum absolute atomic E-state index is 6.12. The van der Waals surface area contributed by atoms with Gasteiger partial charge >= 0.3 is 0 Å². The average molecular weight is 354 g/mol. The monoisotopic (exact) mass is 354 g/mol. The summed E-state index contributed by atoms with van der Waals surface area (Å²) in [5, 5.41) is 3.63. The van der Waals surface area contributed by atoms with E-state index in [4.69, 9.17) is 18.9 Å². The number of anilines is 2. The van der Waals surface area contributed by atoms with Crippen LogP contribution in [0.2, 0.25) is 0 Å². The first-order chi connectivity index (χ1) is 12.8. The highest BCUT2D eigenvalue weighted by molar-refractivity contribution is 5.77. The minimum atomic E-state index is -0.0261. The number of hydrogen-bond acceptors (Lipinski definition) is 6. The Morgan fingerprint density at radius 1 is 1.08 bits per heavy atom. The topological polar surface area (TPSA) is 58.8 Å². The molecule has 0 radical (unpaired) electrons. The van der Waals surface area contributed by atoms with Gasteiger partial charge in [-0.25, -0.2) is 0 Å². The molecule has 0 saturated carbocycles. The van der Waals surface area contributed by atoms with Gasteiger partial charge in [-0.05, 0) is 18.2 Å². The van der Waals surface area contributed by atoms with Gasteiger partial charge < -0.3 is 29.2 Å². The highest BCUT2D eigenvalue weighted by Crippen LogP contribution is 2.46. The Labute approximate surface area is 152 Å². The molecule has 0 spiro atoms. The fourth-order valence-corrected chi connectivity index (χ4v) is 3.46. The number of rotatable bonds is 7. The zero-order chi connectivity index (χ0) is 17.5. The predicted octanol–water partition coefficient (Wildman–Crippen LogP) is 2.80. The van der Waals surface area contributed by atoms with Crippen molar-refractivity contribution in [1.82, 2.24) is 0 Å². The van der Waals surface area contributed by atoms with Crippen molar-refractivity contribution in [3.8, 4) is 11.5 Å². The fraction of sp³-hybridized carbons (Fsp3) is 0.400. The summed E-state index contributed by atoms with van der Waals surface area (Å²) in [6.07, 6.45) is 0.458. The Morgan fingerprint density at radius 2 is 1.88 bits per heavy atom. The van der Waals surface area contributed by atoms with E-state index >= 15 is 0 Å². The standard InChI is InChI=1S/C20H22N2O4/c1-23-18-8-4-5-15(19(18)26-12-14-11-25-14)20-21-16-6-2-3-7-17(16)22(20)9-13-10-24-13/h2-8,13-14,20-21H,9-12H2,1H3. The van der Waals surface area contributed by atoms with Gasteiger partial charge in [-0.3, -0.25) is 0 Å². The van der Waals surface area contributed by atoms with Gasteiger partial charge in [0.05, 0.1) is 37.8 Å². The lowest BCUT2D eigenvalue weighted by atomic mass is 10.1. The van der Waals surface area contributed by atoms with Crippen molar-refractivity contribution in [2.24, 2.45) is 0 Å². The molecule has 136 valence electrons. The maximum atomic E-state index is 6.12. The molecule has 2 fully saturated rings. The summed E-state index contributed by atoms with van der Waals surface area (Å²) in [7, 11) is 1.67. The van der Waals surface area contributed by atoms with Gasteiger partial charge in [0, 0.05) is 12.1 Å². The first kappa shape index (κ1) is 15.8. The van der Waals surface area contributed by atoms with E-state index in [2.05, 4.69) is 34.5 Å². The van der Waals surface area contributed by atoms with Gasteiger partial charge in [0.25, 0.3) is 0 Å². The van der Waals surface area contributed by atoms with Crippen LogP contribution in [0.25, 0.3) is 0 Å². The van der Waals surface area contributed by atoms with E-state index in [0.29, 0.717) is 12.7 Å². The average Bonchev–Trinajstić information content (AvgIpc) is 3.59. The van der Waals surface area contributed by atoms with Gasteiger partial charge in [0.2, 0.25) is 0 Å². The van der Waals surface area contributed by atoms with Crippen molar-refractivity contribution in [2.75, 3.05) is 43.7 Å². The number of nitrogens with one attached hydrogen (secondary N) is 1. The van der Waals surface area contributed by atoms with Crippen molar-refractivity contribution < 1.29 is 18.9 Å². The van der Waals surface area contributed by atoms with Gasteiger partial charge in [0.1, 0.15) is 18.9 Å². The first-order valence-electron chi connectivity index (χ1n) is 8.98. The van der Waals surface area contributed by atoms with Crippen LogP contribution in [0.5, 0.6) is 11.5 Å². The highest BCUT2D eigenvalue weighted by atomic mass is 16.6. The summed E-state index contributed by atoms with van der Waals surface area (Å²) in [6, 6.07) is 14.4. The van der Waals surface area contributed by atoms with Crippen LogP contribution in [0.4, 0.5) is 11.4 Å². The molecule has 0 aromatic heterocycles. The molecule has 0 aliphatic carbocycles. The fourth-order valence-electron chi connectivity index (χ4n) is 3.46. The lowest BCUT2D eigenvalue weighted by molar-refractivity contribution is 0.249. The van der Waals surface area contributed by atoms with Crippen LogP contribution < -0.4 is 19.7 Å². The van der Waals surface area contributed by atoms with Crippen molar-refractivity contribution in [3.63, 3.8) is 0 Å². The molecule has 5 rings (SSSR count). The molecule has 3 aliphatic heterocycles. The lowest BCUT2D eigenvalue weighted by Gasteiger charge is -2.28. The van der Waals surface area contributed by atoms with Gasteiger partial charge in [-0.1, -0.05) is 24.3 Å². The molecule has 3 unspecified atom stereocenters.